The minimum absolute atomic E-state index is 0.00978. The molecule has 1 heterocycles. The molecule has 4 heteroatoms. The molecule has 3 rings (SSSR count). The average molecular weight is 342 g/mol. The first-order valence-electron chi connectivity index (χ1n) is 7.25. The standard InChI is InChI=1S/C19H16ClNOS/c1-23-18-9-4-15(5-10-18)16-6-11-19(22)21(13-16)12-14-2-7-17(20)8-3-14/h2-11,13H,12H2,1H3. The van der Waals surface area contributed by atoms with Gasteiger partial charge in [0, 0.05) is 22.2 Å². The van der Waals surface area contributed by atoms with Gasteiger partial charge in [0.05, 0.1) is 6.54 Å². The molecule has 0 unspecified atom stereocenters. The zero-order valence-electron chi connectivity index (χ0n) is 12.7. The molecule has 0 saturated carbocycles. The summed E-state index contributed by atoms with van der Waals surface area (Å²) in [6.45, 7) is 0.534. The van der Waals surface area contributed by atoms with E-state index in [1.807, 2.05) is 36.5 Å². The van der Waals surface area contributed by atoms with Gasteiger partial charge >= 0.3 is 0 Å². The summed E-state index contributed by atoms with van der Waals surface area (Å²) >= 11 is 7.62. The Labute approximate surface area is 144 Å². The van der Waals surface area contributed by atoms with Crippen LogP contribution in [0.15, 0.2) is 76.6 Å². The number of hydrogen-bond donors (Lipinski definition) is 0. The first-order chi connectivity index (χ1) is 11.2. The molecule has 0 aliphatic carbocycles. The predicted octanol–water partition coefficient (Wildman–Crippen LogP) is 4.94. The summed E-state index contributed by atoms with van der Waals surface area (Å²) in [6.07, 6.45) is 3.96. The second-order valence-electron chi connectivity index (χ2n) is 5.24. The van der Waals surface area contributed by atoms with Gasteiger partial charge in [-0.15, -0.1) is 11.8 Å². The van der Waals surface area contributed by atoms with Gasteiger partial charge in [0.1, 0.15) is 0 Å². The van der Waals surface area contributed by atoms with Crippen LogP contribution in [0.2, 0.25) is 5.02 Å². The average Bonchev–Trinajstić information content (AvgIpc) is 2.59. The quantitative estimate of drug-likeness (QED) is 0.627. The van der Waals surface area contributed by atoms with Gasteiger partial charge in [0.2, 0.25) is 0 Å². The van der Waals surface area contributed by atoms with Gasteiger partial charge in [-0.1, -0.05) is 35.9 Å². The summed E-state index contributed by atoms with van der Waals surface area (Å²) < 4.78 is 1.72. The van der Waals surface area contributed by atoms with E-state index in [1.165, 1.54) is 4.90 Å². The maximum Gasteiger partial charge on any atom is 0.250 e. The van der Waals surface area contributed by atoms with Crippen LogP contribution in [0.25, 0.3) is 11.1 Å². The highest BCUT2D eigenvalue weighted by atomic mass is 35.5. The highest BCUT2D eigenvalue weighted by Crippen LogP contribution is 2.22. The van der Waals surface area contributed by atoms with E-state index in [1.54, 1.807) is 22.4 Å². The van der Waals surface area contributed by atoms with Crippen molar-refractivity contribution in [2.45, 2.75) is 11.4 Å². The third-order valence-electron chi connectivity index (χ3n) is 3.67. The molecule has 0 aliphatic heterocycles. The van der Waals surface area contributed by atoms with Crippen LogP contribution < -0.4 is 5.56 Å². The van der Waals surface area contributed by atoms with Crippen molar-refractivity contribution >= 4 is 23.4 Å². The molecule has 0 N–H and O–H groups in total. The Morgan fingerprint density at radius 3 is 2.22 bits per heavy atom. The smallest absolute Gasteiger partial charge is 0.250 e. The van der Waals surface area contributed by atoms with Gasteiger partial charge in [0.25, 0.3) is 5.56 Å². The van der Waals surface area contributed by atoms with Crippen molar-refractivity contribution in [3.63, 3.8) is 0 Å². The van der Waals surface area contributed by atoms with Gasteiger partial charge in [0.15, 0.2) is 0 Å². The fourth-order valence-corrected chi connectivity index (χ4v) is 2.93. The second kappa shape index (κ2) is 7.07. The van der Waals surface area contributed by atoms with Crippen molar-refractivity contribution in [2.75, 3.05) is 6.26 Å². The molecule has 1 aromatic heterocycles. The molecule has 23 heavy (non-hydrogen) atoms. The molecule has 0 aliphatic rings. The molecule has 0 atom stereocenters. The summed E-state index contributed by atoms with van der Waals surface area (Å²) in [7, 11) is 0. The van der Waals surface area contributed by atoms with Crippen molar-refractivity contribution < 1.29 is 0 Å². The Kier molecular flexibility index (Phi) is 4.89. The van der Waals surface area contributed by atoms with Crippen molar-refractivity contribution in [1.29, 1.82) is 0 Å². The van der Waals surface area contributed by atoms with E-state index in [0.717, 1.165) is 16.7 Å². The number of nitrogens with zero attached hydrogens (tertiary/aromatic N) is 1. The third-order valence-corrected chi connectivity index (χ3v) is 4.67. The van der Waals surface area contributed by atoms with Crippen LogP contribution in [-0.2, 0) is 6.54 Å². The fourth-order valence-electron chi connectivity index (χ4n) is 2.40. The summed E-state index contributed by atoms with van der Waals surface area (Å²) in [5.41, 5.74) is 3.18. The van der Waals surface area contributed by atoms with Crippen LogP contribution in [0.1, 0.15) is 5.56 Å². The van der Waals surface area contributed by atoms with Gasteiger partial charge < -0.3 is 4.57 Å². The van der Waals surface area contributed by atoms with Crippen LogP contribution >= 0.6 is 23.4 Å². The zero-order valence-corrected chi connectivity index (χ0v) is 14.3. The molecule has 0 amide bonds. The van der Waals surface area contributed by atoms with Crippen molar-refractivity contribution in [1.82, 2.24) is 4.57 Å². The number of pyridine rings is 1. The summed E-state index contributed by atoms with van der Waals surface area (Å²) in [6, 6.07) is 19.4. The summed E-state index contributed by atoms with van der Waals surface area (Å²) in [5, 5.41) is 0.698. The molecular weight excluding hydrogens is 326 g/mol. The third kappa shape index (κ3) is 3.87. The number of hydrogen-bond acceptors (Lipinski definition) is 2. The Bertz CT molecular complexity index is 854. The topological polar surface area (TPSA) is 22.0 Å². The molecule has 2 aromatic carbocycles. The lowest BCUT2D eigenvalue weighted by atomic mass is 10.1. The fraction of sp³-hybridized carbons (Fsp3) is 0.105. The maximum absolute atomic E-state index is 12.1. The molecule has 116 valence electrons. The Balaban J connectivity index is 1.91. The van der Waals surface area contributed by atoms with E-state index >= 15 is 0 Å². The number of halogens is 1. The van der Waals surface area contributed by atoms with Crippen LogP contribution in [0.4, 0.5) is 0 Å². The van der Waals surface area contributed by atoms with Gasteiger partial charge in [-0.2, -0.15) is 0 Å². The first kappa shape index (κ1) is 15.9. The van der Waals surface area contributed by atoms with Crippen LogP contribution in [0, 0.1) is 0 Å². The predicted molar refractivity (Wildman–Crippen MR) is 98.5 cm³/mol. The molecular formula is C19H16ClNOS. The molecule has 0 bridgehead atoms. The molecule has 2 nitrogen and oxygen atoms in total. The Morgan fingerprint density at radius 2 is 1.57 bits per heavy atom. The van der Waals surface area contributed by atoms with Crippen molar-refractivity contribution in [3.8, 4) is 11.1 Å². The van der Waals surface area contributed by atoms with Crippen molar-refractivity contribution in [3.05, 3.63) is 87.8 Å². The SMILES string of the molecule is CSc1ccc(-c2ccc(=O)n(Cc3ccc(Cl)cc3)c2)cc1. The zero-order chi connectivity index (χ0) is 16.2. The number of benzene rings is 2. The summed E-state index contributed by atoms with van der Waals surface area (Å²) in [4.78, 5) is 13.3. The lowest BCUT2D eigenvalue weighted by Crippen LogP contribution is -2.19. The monoisotopic (exact) mass is 341 g/mol. The molecule has 3 aromatic rings. The van der Waals surface area contributed by atoms with Gasteiger partial charge in [-0.05, 0) is 53.3 Å². The highest BCUT2D eigenvalue weighted by molar-refractivity contribution is 7.98. The lowest BCUT2D eigenvalue weighted by molar-refractivity contribution is 0.761. The van der Waals surface area contributed by atoms with E-state index in [9.17, 15) is 4.79 Å². The number of aromatic nitrogens is 1. The normalized spacial score (nSPS) is 10.7. The van der Waals surface area contributed by atoms with E-state index < -0.39 is 0 Å². The lowest BCUT2D eigenvalue weighted by Gasteiger charge is -2.09. The van der Waals surface area contributed by atoms with E-state index in [2.05, 4.69) is 30.5 Å². The van der Waals surface area contributed by atoms with E-state index in [4.69, 9.17) is 11.6 Å². The van der Waals surface area contributed by atoms with E-state index in [0.29, 0.717) is 11.6 Å². The maximum atomic E-state index is 12.1. The Morgan fingerprint density at radius 1 is 0.913 bits per heavy atom. The molecule has 0 fully saturated rings. The number of thioether (sulfide) groups is 1. The Hall–Kier alpha value is -1.97. The molecule has 0 spiro atoms. The molecule has 0 radical (unpaired) electrons. The van der Waals surface area contributed by atoms with Gasteiger partial charge in [-0.3, -0.25) is 4.79 Å². The van der Waals surface area contributed by atoms with E-state index in [-0.39, 0.29) is 5.56 Å². The highest BCUT2D eigenvalue weighted by Gasteiger charge is 2.03. The van der Waals surface area contributed by atoms with Gasteiger partial charge in [-0.25, -0.2) is 0 Å². The number of rotatable bonds is 4. The largest absolute Gasteiger partial charge is 0.310 e. The van der Waals surface area contributed by atoms with Crippen LogP contribution in [0.3, 0.4) is 0 Å². The van der Waals surface area contributed by atoms with Crippen LogP contribution in [0.5, 0.6) is 0 Å². The first-order valence-corrected chi connectivity index (χ1v) is 8.85. The minimum atomic E-state index is -0.00978. The van der Waals surface area contributed by atoms with Crippen molar-refractivity contribution in [2.24, 2.45) is 0 Å². The molecule has 0 saturated heterocycles. The second-order valence-corrected chi connectivity index (χ2v) is 6.55. The summed E-state index contributed by atoms with van der Waals surface area (Å²) in [5.74, 6) is 0. The van der Waals surface area contributed by atoms with Crippen LogP contribution in [-0.4, -0.2) is 10.8 Å². The minimum Gasteiger partial charge on any atom is -0.310 e.